The van der Waals surface area contributed by atoms with Gasteiger partial charge in [0.05, 0.1) is 0 Å². The van der Waals surface area contributed by atoms with Gasteiger partial charge in [0.15, 0.2) is 0 Å². The van der Waals surface area contributed by atoms with Gasteiger partial charge in [-0.3, -0.25) is 0 Å². The molecule has 1 aromatic carbocycles. The van der Waals surface area contributed by atoms with E-state index < -0.39 is 0 Å². The summed E-state index contributed by atoms with van der Waals surface area (Å²) in [5, 5.41) is 2.00. The number of pyridine rings is 1. The second-order valence-electron chi connectivity index (χ2n) is 6.86. The summed E-state index contributed by atoms with van der Waals surface area (Å²) >= 11 is 10.0. The maximum Gasteiger partial charge on any atom is 0.101 e. The number of fused-ring (bicyclic) bond motifs is 3. The third-order valence-electron chi connectivity index (χ3n) is 5.35. The Labute approximate surface area is 169 Å². The van der Waals surface area contributed by atoms with E-state index in [2.05, 4.69) is 54.3 Å². The van der Waals surface area contributed by atoms with Crippen LogP contribution in [0.4, 0.5) is 5.69 Å². The molecular formula is C21H23ClN2S2. The molecular weight excluding hydrogens is 380 g/mol. The molecule has 0 amide bonds. The van der Waals surface area contributed by atoms with Crippen LogP contribution in [-0.2, 0) is 6.42 Å². The lowest BCUT2D eigenvalue weighted by Crippen LogP contribution is -2.25. The average molecular weight is 403 g/mol. The number of anilines is 1. The maximum atomic E-state index is 6.37. The van der Waals surface area contributed by atoms with E-state index in [0.717, 1.165) is 28.6 Å². The Bertz CT molecular complexity index is 878. The van der Waals surface area contributed by atoms with Crippen molar-refractivity contribution in [2.24, 2.45) is 5.92 Å². The molecule has 2 aromatic rings. The molecule has 2 aliphatic heterocycles. The largest absolute Gasteiger partial charge is 0.344 e. The summed E-state index contributed by atoms with van der Waals surface area (Å²) in [5.41, 5.74) is 5.40. The topological polar surface area (TPSA) is 16.1 Å². The Morgan fingerprint density at radius 3 is 2.88 bits per heavy atom. The van der Waals surface area contributed by atoms with Crippen molar-refractivity contribution in [1.82, 2.24) is 4.98 Å². The fourth-order valence-corrected chi connectivity index (χ4v) is 6.00. The highest BCUT2D eigenvalue weighted by molar-refractivity contribution is 8.03. The average Bonchev–Trinajstić information content (AvgIpc) is 3.09. The van der Waals surface area contributed by atoms with Crippen molar-refractivity contribution in [3.8, 4) is 0 Å². The summed E-state index contributed by atoms with van der Waals surface area (Å²) < 4.78 is 0. The lowest BCUT2D eigenvalue weighted by Gasteiger charge is -2.33. The summed E-state index contributed by atoms with van der Waals surface area (Å²) in [5.74, 6) is 0.650. The van der Waals surface area contributed by atoms with Crippen molar-refractivity contribution in [2.75, 3.05) is 17.7 Å². The first-order valence-corrected chi connectivity index (χ1v) is 11.5. The van der Waals surface area contributed by atoms with Crippen molar-refractivity contribution in [3.05, 3.63) is 57.2 Å². The number of nitrogens with zero attached hydrogens (tertiary/aromatic N) is 2. The van der Waals surface area contributed by atoms with Gasteiger partial charge in [-0.05, 0) is 49.8 Å². The van der Waals surface area contributed by atoms with Crippen molar-refractivity contribution < 1.29 is 0 Å². The van der Waals surface area contributed by atoms with Crippen molar-refractivity contribution in [3.63, 3.8) is 0 Å². The minimum atomic E-state index is 0.650. The number of hydrogen-bond donors (Lipinski definition) is 0. The molecule has 1 aromatic heterocycles. The SMILES string of the molecule is CCC1CCN2C1=C(Sc1ccc(C)c(Cl)c1)Cc1c2ccnc1SC. The van der Waals surface area contributed by atoms with Gasteiger partial charge in [-0.15, -0.1) is 11.8 Å². The maximum absolute atomic E-state index is 6.37. The molecule has 2 nitrogen and oxygen atoms in total. The predicted molar refractivity (Wildman–Crippen MR) is 115 cm³/mol. The summed E-state index contributed by atoms with van der Waals surface area (Å²) in [6.45, 7) is 5.47. The van der Waals surface area contributed by atoms with E-state index >= 15 is 0 Å². The van der Waals surface area contributed by atoms with Crippen LogP contribution in [0.5, 0.6) is 0 Å². The van der Waals surface area contributed by atoms with Crippen LogP contribution in [0.15, 0.2) is 51.0 Å². The van der Waals surface area contributed by atoms with Gasteiger partial charge in [-0.2, -0.15) is 0 Å². The number of benzene rings is 1. The second-order valence-corrected chi connectivity index (χ2v) is 9.23. The van der Waals surface area contributed by atoms with Gasteiger partial charge in [0, 0.05) is 56.9 Å². The van der Waals surface area contributed by atoms with Gasteiger partial charge in [0.1, 0.15) is 5.03 Å². The van der Waals surface area contributed by atoms with Gasteiger partial charge < -0.3 is 4.90 Å². The number of aromatic nitrogens is 1. The summed E-state index contributed by atoms with van der Waals surface area (Å²) in [6, 6.07) is 8.60. The monoisotopic (exact) mass is 402 g/mol. The van der Waals surface area contributed by atoms with Crippen LogP contribution in [0.1, 0.15) is 30.9 Å². The van der Waals surface area contributed by atoms with E-state index in [1.54, 1.807) is 11.8 Å². The number of allylic oxidation sites excluding steroid dienone is 2. The van der Waals surface area contributed by atoms with E-state index in [0.29, 0.717) is 5.92 Å². The van der Waals surface area contributed by atoms with Crippen molar-refractivity contribution in [2.45, 2.75) is 43.0 Å². The van der Waals surface area contributed by atoms with Gasteiger partial charge in [0.25, 0.3) is 0 Å². The van der Waals surface area contributed by atoms with E-state index in [1.165, 1.54) is 39.6 Å². The first-order chi connectivity index (χ1) is 12.6. The molecule has 1 atom stereocenters. The highest BCUT2D eigenvalue weighted by Gasteiger charge is 2.36. The molecule has 2 aliphatic rings. The third-order valence-corrected chi connectivity index (χ3v) is 7.59. The van der Waals surface area contributed by atoms with Gasteiger partial charge >= 0.3 is 0 Å². The number of halogens is 1. The van der Waals surface area contributed by atoms with Crippen LogP contribution < -0.4 is 4.90 Å². The Morgan fingerprint density at radius 2 is 2.15 bits per heavy atom. The molecule has 1 fully saturated rings. The van der Waals surface area contributed by atoms with Gasteiger partial charge in [0.2, 0.25) is 0 Å². The fraction of sp³-hybridized carbons (Fsp3) is 0.381. The molecule has 0 bridgehead atoms. The number of aryl methyl sites for hydroxylation is 1. The van der Waals surface area contributed by atoms with E-state index in [9.17, 15) is 0 Å². The molecule has 5 heteroatoms. The van der Waals surface area contributed by atoms with Crippen LogP contribution >= 0.6 is 35.1 Å². The first-order valence-electron chi connectivity index (χ1n) is 9.08. The normalized spacial score (nSPS) is 18.9. The van der Waals surface area contributed by atoms with Crippen LogP contribution in [0.25, 0.3) is 0 Å². The molecule has 1 unspecified atom stereocenters. The van der Waals surface area contributed by atoms with Crippen LogP contribution in [0.3, 0.4) is 0 Å². The van der Waals surface area contributed by atoms with E-state index in [1.807, 2.05) is 18.0 Å². The number of hydrogen-bond acceptors (Lipinski definition) is 4. The lowest BCUT2D eigenvalue weighted by atomic mass is 9.98. The Hall–Kier alpha value is -1.10. The molecule has 4 rings (SSSR count). The molecule has 1 saturated heterocycles. The lowest BCUT2D eigenvalue weighted by molar-refractivity contribution is 0.615. The van der Waals surface area contributed by atoms with Crippen molar-refractivity contribution in [1.29, 1.82) is 0 Å². The van der Waals surface area contributed by atoms with Gasteiger partial charge in [-0.1, -0.05) is 36.4 Å². The fourth-order valence-electron chi connectivity index (χ4n) is 3.97. The smallest absolute Gasteiger partial charge is 0.101 e. The molecule has 0 radical (unpaired) electrons. The Kier molecular flexibility index (Phi) is 5.27. The van der Waals surface area contributed by atoms with Crippen LogP contribution in [0.2, 0.25) is 5.02 Å². The first kappa shape index (κ1) is 18.3. The minimum Gasteiger partial charge on any atom is -0.344 e. The van der Waals surface area contributed by atoms with Gasteiger partial charge in [-0.25, -0.2) is 4.98 Å². The summed E-state index contributed by atoms with van der Waals surface area (Å²) in [7, 11) is 0. The van der Waals surface area contributed by atoms with Crippen molar-refractivity contribution >= 4 is 40.8 Å². The number of thioether (sulfide) groups is 2. The summed E-state index contributed by atoms with van der Waals surface area (Å²) in [6.07, 6.45) is 7.48. The zero-order valence-corrected chi connectivity index (χ0v) is 17.8. The summed E-state index contributed by atoms with van der Waals surface area (Å²) in [4.78, 5) is 9.85. The highest BCUT2D eigenvalue weighted by Crippen LogP contribution is 2.49. The molecule has 0 N–H and O–H groups in total. The molecule has 136 valence electrons. The third kappa shape index (κ3) is 3.17. The molecule has 0 saturated carbocycles. The molecule has 3 heterocycles. The standard InChI is InChI=1S/C21H23ClN2S2/c1-4-14-8-10-24-18-7-9-23-21(25-3)16(18)12-19(20(14)24)26-15-6-5-13(2)17(22)11-15/h5-7,9,11,14H,4,8,10,12H2,1-3H3. The minimum absolute atomic E-state index is 0.650. The molecule has 0 aliphatic carbocycles. The van der Waals surface area contributed by atoms with Crippen LogP contribution in [-0.4, -0.2) is 17.8 Å². The van der Waals surface area contributed by atoms with E-state index in [4.69, 9.17) is 11.6 Å². The Morgan fingerprint density at radius 1 is 1.31 bits per heavy atom. The van der Waals surface area contributed by atoms with Crippen LogP contribution in [0, 0.1) is 12.8 Å². The zero-order valence-electron chi connectivity index (χ0n) is 15.4. The molecule has 0 spiro atoms. The number of rotatable bonds is 4. The second kappa shape index (κ2) is 7.49. The highest BCUT2D eigenvalue weighted by atomic mass is 35.5. The zero-order chi connectivity index (χ0) is 18.3. The predicted octanol–water partition coefficient (Wildman–Crippen LogP) is 6.56. The van der Waals surface area contributed by atoms with E-state index in [-0.39, 0.29) is 0 Å². The quantitative estimate of drug-likeness (QED) is 0.538. The molecule has 26 heavy (non-hydrogen) atoms. The Balaban J connectivity index is 1.78.